The van der Waals surface area contributed by atoms with Gasteiger partial charge in [-0.3, -0.25) is 0 Å². The van der Waals surface area contributed by atoms with Crippen LogP contribution in [0.4, 0.5) is 0 Å². The van der Waals surface area contributed by atoms with Crippen LogP contribution in [0.2, 0.25) is 0 Å². The number of sulfone groups is 1. The monoisotopic (exact) mass is 292 g/mol. The lowest BCUT2D eigenvalue weighted by Crippen LogP contribution is -2.12. The normalized spacial score (nSPS) is 13.9. The molecule has 0 amide bonds. The predicted octanol–water partition coefficient (Wildman–Crippen LogP) is 1.84. The van der Waals surface area contributed by atoms with Gasteiger partial charge in [0.25, 0.3) is 0 Å². The van der Waals surface area contributed by atoms with Crippen molar-refractivity contribution in [2.45, 2.75) is 13.0 Å². The van der Waals surface area contributed by atoms with E-state index in [1.165, 1.54) is 0 Å². The Labute approximate surface area is 98.2 Å². The maximum atomic E-state index is 11.0. The standard InChI is InChI=1S/C10H13BrO3S/c1-7-5-8(3-4-9(7)11)10(12)6-15(2,13)14/h3-5,10,12H,6H2,1-2H3. The molecule has 0 radical (unpaired) electrons. The molecule has 3 nitrogen and oxygen atoms in total. The highest BCUT2D eigenvalue weighted by Gasteiger charge is 2.14. The van der Waals surface area contributed by atoms with Gasteiger partial charge in [0.05, 0.1) is 11.9 Å². The Morgan fingerprint density at radius 3 is 2.53 bits per heavy atom. The van der Waals surface area contributed by atoms with Crippen molar-refractivity contribution in [2.75, 3.05) is 12.0 Å². The van der Waals surface area contributed by atoms with Crippen LogP contribution < -0.4 is 0 Å². The van der Waals surface area contributed by atoms with Crippen LogP contribution in [0.3, 0.4) is 0 Å². The Morgan fingerprint density at radius 2 is 2.07 bits per heavy atom. The molecular formula is C10H13BrO3S. The summed E-state index contributed by atoms with van der Waals surface area (Å²) in [4.78, 5) is 0. The minimum absolute atomic E-state index is 0.242. The van der Waals surface area contributed by atoms with E-state index in [0.717, 1.165) is 16.3 Å². The van der Waals surface area contributed by atoms with Crippen molar-refractivity contribution in [3.8, 4) is 0 Å². The van der Waals surface area contributed by atoms with Crippen molar-refractivity contribution in [3.05, 3.63) is 33.8 Å². The molecule has 0 saturated carbocycles. The number of aliphatic hydroxyl groups excluding tert-OH is 1. The van der Waals surface area contributed by atoms with Crippen molar-refractivity contribution in [1.82, 2.24) is 0 Å². The fourth-order valence-electron chi connectivity index (χ4n) is 1.26. The van der Waals surface area contributed by atoms with E-state index < -0.39 is 15.9 Å². The first kappa shape index (κ1) is 12.7. The van der Waals surface area contributed by atoms with Gasteiger partial charge in [0, 0.05) is 10.7 Å². The Kier molecular flexibility index (Phi) is 3.92. The van der Waals surface area contributed by atoms with Crippen molar-refractivity contribution in [1.29, 1.82) is 0 Å². The third-order valence-electron chi connectivity index (χ3n) is 2.03. The van der Waals surface area contributed by atoms with Crippen LogP contribution in [0, 0.1) is 6.92 Å². The molecule has 1 atom stereocenters. The average Bonchev–Trinajstić information content (AvgIpc) is 2.06. The van der Waals surface area contributed by atoms with Gasteiger partial charge in [-0.2, -0.15) is 0 Å². The topological polar surface area (TPSA) is 54.4 Å². The highest BCUT2D eigenvalue weighted by atomic mass is 79.9. The molecule has 5 heteroatoms. The molecule has 1 N–H and O–H groups in total. The van der Waals surface area contributed by atoms with Gasteiger partial charge in [0.15, 0.2) is 0 Å². The zero-order valence-corrected chi connectivity index (χ0v) is 11.0. The molecule has 0 aromatic heterocycles. The average molecular weight is 293 g/mol. The van der Waals surface area contributed by atoms with Crippen molar-refractivity contribution in [3.63, 3.8) is 0 Å². The predicted molar refractivity (Wildman–Crippen MR) is 63.5 cm³/mol. The van der Waals surface area contributed by atoms with Crippen LogP contribution in [0.25, 0.3) is 0 Å². The first-order chi connectivity index (χ1) is 6.79. The summed E-state index contributed by atoms with van der Waals surface area (Å²) in [5.41, 5.74) is 1.60. The van der Waals surface area contributed by atoms with Crippen LogP contribution in [0.5, 0.6) is 0 Å². The van der Waals surface area contributed by atoms with Gasteiger partial charge >= 0.3 is 0 Å². The highest BCUT2D eigenvalue weighted by Crippen LogP contribution is 2.21. The molecule has 0 saturated heterocycles. The van der Waals surface area contributed by atoms with Gasteiger partial charge in [-0.1, -0.05) is 28.1 Å². The van der Waals surface area contributed by atoms with Gasteiger partial charge in [-0.05, 0) is 24.1 Å². The molecule has 0 heterocycles. The Bertz CT molecular complexity index is 454. The molecule has 0 aliphatic rings. The van der Waals surface area contributed by atoms with Crippen LogP contribution in [0.15, 0.2) is 22.7 Å². The summed E-state index contributed by atoms with van der Waals surface area (Å²) in [6.45, 7) is 1.89. The largest absolute Gasteiger partial charge is 0.387 e. The Balaban J connectivity index is 2.92. The van der Waals surface area contributed by atoms with Crippen molar-refractivity contribution < 1.29 is 13.5 Å². The van der Waals surface area contributed by atoms with E-state index in [1.807, 2.05) is 6.92 Å². The third-order valence-corrected chi connectivity index (χ3v) is 3.84. The zero-order valence-electron chi connectivity index (χ0n) is 8.57. The molecular weight excluding hydrogens is 280 g/mol. The molecule has 0 aliphatic carbocycles. The maximum Gasteiger partial charge on any atom is 0.150 e. The van der Waals surface area contributed by atoms with Gasteiger partial charge in [0.1, 0.15) is 9.84 Å². The Hall–Kier alpha value is -0.390. The van der Waals surface area contributed by atoms with Crippen molar-refractivity contribution in [2.24, 2.45) is 0 Å². The summed E-state index contributed by atoms with van der Waals surface area (Å²) in [5, 5.41) is 9.68. The molecule has 84 valence electrons. The maximum absolute atomic E-state index is 11.0. The molecule has 0 spiro atoms. The van der Waals surface area contributed by atoms with E-state index in [1.54, 1.807) is 18.2 Å². The zero-order chi connectivity index (χ0) is 11.6. The fourth-order valence-corrected chi connectivity index (χ4v) is 2.27. The van der Waals surface area contributed by atoms with E-state index >= 15 is 0 Å². The summed E-state index contributed by atoms with van der Waals surface area (Å²) in [6.07, 6.45) is 0.161. The number of halogens is 1. The van der Waals surface area contributed by atoms with E-state index in [4.69, 9.17) is 0 Å². The van der Waals surface area contributed by atoms with Crippen LogP contribution in [-0.2, 0) is 9.84 Å². The Morgan fingerprint density at radius 1 is 1.47 bits per heavy atom. The fraction of sp³-hybridized carbons (Fsp3) is 0.400. The summed E-state index contributed by atoms with van der Waals surface area (Å²) in [5.74, 6) is -0.242. The molecule has 0 fully saturated rings. The summed E-state index contributed by atoms with van der Waals surface area (Å²) in [7, 11) is -3.16. The number of aryl methyl sites for hydroxylation is 1. The molecule has 15 heavy (non-hydrogen) atoms. The minimum Gasteiger partial charge on any atom is -0.387 e. The quantitative estimate of drug-likeness (QED) is 0.925. The van der Waals surface area contributed by atoms with Gasteiger partial charge in [-0.25, -0.2) is 8.42 Å². The second-order valence-electron chi connectivity index (χ2n) is 3.62. The first-order valence-corrected chi connectivity index (χ1v) is 7.27. The minimum atomic E-state index is -3.16. The van der Waals surface area contributed by atoms with Gasteiger partial charge in [0.2, 0.25) is 0 Å². The molecule has 0 bridgehead atoms. The second-order valence-corrected chi connectivity index (χ2v) is 6.66. The molecule has 1 unspecified atom stereocenters. The van der Waals surface area contributed by atoms with Crippen LogP contribution >= 0.6 is 15.9 Å². The summed E-state index contributed by atoms with van der Waals surface area (Å²) < 4.78 is 22.9. The highest BCUT2D eigenvalue weighted by molar-refractivity contribution is 9.10. The number of benzene rings is 1. The summed E-state index contributed by atoms with van der Waals surface area (Å²) >= 11 is 3.34. The van der Waals surface area contributed by atoms with Gasteiger partial charge < -0.3 is 5.11 Å². The van der Waals surface area contributed by atoms with Crippen LogP contribution in [-0.4, -0.2) is 25.5 Å². The lowest BCUT2D eigenvalue weighted by atomic mass is 10.1. The number of rotatable bonds is 3. The van der Waals surface area contributed by atoms with E-state index in [9.17, 15) is 13.5 Å². The molecule has 0 aliphatic heterocycles. The summed E-state index contributed by atoms with van der Waals surface area (Å²) in [6, 6.07) is 5.29. The number of hydrogen-bond donors (Lipinski definition) is 1. The van der Waals surface area contributed by atoms with Crippen LogP contribution in [0.1, 0.15) is 17.2 Å². The molecule has 1 aromatic rings. The van der Waals surface area contributed by atoms with E-state index in [-0.39, 0.29) is 5.75 Å². The molecule has 1 rings (SSSR count). The number of hydrogen-bond acceptors (Lipinski definition) is 3. The third kappa shape index (κ3) is 3.93. The van der Waals surface area contributed by atoms with E-state index in [0.29, 0.717) is 5.56 Å². The lowest BCUT2D eigenvalue weighted by molar-refractivity contribution is 0.202. The first-order valence-electron chi connectivity index (χ1n) is 4.41. The van der Waals surface area contributed by atoms with Crippen molar-refractivity contribution >= 4 is 25.8 Å². The smallest absolute Gasteiger partial charge is 0.150 e. The van der Waals surface area contributed by atoms with Gasteiger partial charge in [-0.15, -0.1) is 0 Å². The molecule has 1 aromatic carbocycles. The second kappa shape index (κ2) is 4.63. The number of aliphatic hydroxyl groups is 1. The lowest BCUT2D eigenvalue weighted by Gasteiger charge is -2.10. The SMILES string of the molecule is Cc1cc(C(O)CS(C)(=O)=O)ccc1Br. The van der Waals surface area contributed by atoms with E-state index in [2.05, 4.69) is 15.9 Å².